The molecule has 3 nitrogen and oxygen atoms in total. The van der Waals surface area contributed by atoms with Crippen LogP contribution in [0.25, 0.3) is 0 Å². The number of benzene rings is 1. The lowest BCUT2D eigenvalue weighted by molar-refractivity contribution is 0.317. The number of ether oxygens (including phenoxy) is 1. The Kier molecular flexibility index (Phi) is 5.63. The zero-order valence-electron chi connectivity index (χ0n) is 9.55. The van der Waals surface area contributed by atoms with Crippen molar-refractivity contribution in [3.05, 3.63) is 24.3 Å². The van der Waals surface area contributed by atoms with Crippen LogP contribution < -0.4 is 15.4 Å². The molecule has 0 heterocycles. The van der Waals surface area contributed by atoms with E-state index in [1.165, 1.54) is 0 Å². The van der Waals surface area contributed by atoms with Gasteiger partial charge in [-0.25, -0.2) is 0 Å². The van der Waals surface area contributed by atoms with Crippen LogP contribution in [0.3, 0.4) is 0 Å². The Labute approximate surface area is 91.8 Å². The molecule has 1 rings (SSSR count). The number of rotatable bonds is 7. The third-order valence-corrected chi connectivity index (χ3v) is 2.03. The molecule has 0 aromatic heterocycles. The van der Waals surface area contributed by atoms with Gasteiger partial charge < -0.3 is 15.4 Å². The highest BCUT2D eigenvalue weighted by Crippen LogP contribution is 2.15. The van der Waals surface area contributed by atoms with Crippen LogP contribution in [0.15, 0.2) is 24.3 Å². The van der Waals surface area contributed by atoms with E-state index in [0.29, 0.717) is 0 Å². The predicted octanol–water partition coefficient (Wildman–Crippen LogP) is 2.11. The largest absolute Gasteiger partial charge is 0.494 e. The second kappa shape index (κ2) is 7.12. The molecule has 0 amide bonds. The Bertz CT molecular complexity index is 259. The van der Waals surface area contributed by atoms with Crippen molar-refractivity contribution >= 4 is 5.69 Å². The number of anilines is 1. The van der Waals surface area contributed by atoms with Crippen molar-refractivity contribution in [1.82, 2.24) is 5.32 Å². The van der Waals surface area contributed by atoms with E-state index >= 15 is 0 Å². The van der Waals surface area contributed by atoms with E-state index in [2.05, 4.69) is 17.6 Å². The van der Waals surface area contributed by atoms with Gasteiger partial charge in [-0.2, -0.15) is 0 Å². The summed E-state index contributed by atoms with van der Waals surface area (Å²) in [6.45, 7) is 4.79. The van der Waals surface area contributed by atoms with E-state index in [0.717, 1.165) is 37.6 Å². The fraction of sp³-hybridized carbons (Fsp3) is 0.500. The first kappa shape index (κ1) is 11.9. The molecule has 0 saturated carbocycles. The van der Waals surface area contributed by atoms with Gasteiger partial charge in [0.1, 0.15) is 5.75 Å². The lowest BCUT2D eigenvalue weighted by atomic mass is 10.3. The summed E-state index contributed by atoms with van der Waals surface area (Å²) in [4.78, 5) is 0. The smallest absolute Gasteiger partial charge is 0.119 e. The van der Waals surface area contributed by atoms with E-state index in [4.69, 9.17) is 4.74 Å². The highest BCUT2D eigenvalue weighted by Gasteiger charge is 1.93. The summed E-state index contributed by atoms with van der Waals surface area (Å²) in [6.07, 6.45) is 1.04. The van der Waals surface area contributed by atoms with Gasteiger partial charge in [0.2, 0.25) is 0 Å². The average molecular weight is 208 g/mol. The number of hydrogen-bond donors (Lipinski definition) is 2. The van der Waals surface area contributed by atoms with Crippen molar-refractivity contribution in [2.75, 3.05) is 32.1 Å². The summed E-state index contributed by atoms with van der Waals surface area (Å²) in [5.41, 5.74) is 1.13. The highest BCUT2D eigenvalue weighted by molar-refractivity contribution is 5.46. The number of hydrogen-bond acceptors (Lipinski definition) is 3. The summed E-state index contributed by atoms with van der Waals surface area (Å²) >= 11 is 0. The van der Waals surface area contributed by atoms with Gasteiger partial charge in [0.15, 0.2) is 0 Å². The van der Waals surface area contributed by atoms with Crippen molar-refractivity contribution in [2.45, 2.75) is 13.3 Å². The zero-order chi connectivity index (χ0) is 10.9. The van der Waals surface area contributed by atoms with Crippen LogP contribution in [-0.2, 0) is 0 Å². The molecule has 0 unspecified atom stereocenters. The number of likely N-dealkylation sites (N-methyl/N-ethyl adjacent to an activating group) is 1. The lowest BCUT2D eigenvalue weighted by Crippen LogP contribution is -2.17. The average Bonchev–Trinajstić information content (AvgIpc) is 2.28. The quantitative estimate of drug-likeness (QED) is 0.673. The van der Waals surface area contributed by atoms with Crippen LogP contribution in [0.2, 0.25) is 0 Å². The van der Waals surface area contributed by atoms with Crippen LogP contribution in [-0.4, -0.2) is 26.7 Å². The third-order valence-electron chi connectivity index (χ3n) is 2.03. The molecule has 3 heteroatoms. The van der Waals surface area contributed by atoms with Crippen LogP contribution >= 0.6 is 0 Å². The molecule has 2 N–H and O–H groups in total. The summed E-state index contributed by atoms with van der Waals surface area (Å²) < 4.78 is 5.50. The Morgan fingerprint density at radius 3 is 2.47 bits per heavy atom. The van der Waals surface area contributed by atoms with E-state index in [9.17, 15) is 0 Å². The molecule has 0 atom stereocenters. The first-order valence-electron chi connectivity index (χ1n) is 5.48. The normalized spacial score (nSPS) is 10.0. The minimum absolute atomic E-state index is 0.784. The monoisotopic (exact) mass is 208 g/mol. The molecular formula is C12H20N2O. The predicted molar refractivity (Wildman–Crippen MR) is 64.6 cm³/mol. The molecule has 0 spiro atoms. The molecule has 0 aliphatic rings. The summed E-state index contributed by atoms with van der Waals surface area (Å²) in [5, 5.41) is 6.40. The van der Waals surface area contributed by atoms with Crippen molar-refractivity contribution in [3.8, 4) is 5.75 Å². The maximum Gasteiger partial charge on any atom is 0.119 e. The van der Waals surface area contributed by atoms with Crippen LogP contribution in [0.4, 0.5) is 5.69 Å². The Morgan fingerprint density at radius 1 is 1.13 bits per heavy atom. The minimum Gasteiger partial charge on any atom is -0.494 e. The first-order chi connectivity index (χ1) is 7.36. The van der Waals surface area contributed by atoms with Crippen LogP contribution in [0.5, 0.6) is 5.75 Å². The molecular weight excluding hydrogens is 188 g/mol. The zero-order valence-corrected chi connectivity index (χ0v) is 9.55. The molecule has 84 valence electrons. The minimum atomic E-state index is 0.784. The maximum absolute atomic E-state index is 5.50. The fourth-order valence-electron chi connectivity index (χ4n) is 1.22. The topological polar surface area (TPSA) is 33.3 Å². The molecule has 0 saturated heterocycles. The van der Waals surface area contributed by atoms with Gasteiger partial charge in [0, 0.05) is 18.8 Å². The second-order valence-corrected chi connectivity index (χ2v) is 3.40. The molecule has 0 radical (unpaired) electrons. The van der Waals surface area contributed by atoms with Gasteiger partial charge in [0.25, 0.3) is 0 Å². The van der Waals surface area contributed by atoms with Crippen molar-refractivity contribution in [3.63, 3.8) is 0 Å². The lowest BCUT2D eigenvalue weighted by Gasteiger charge is -2.08. The van der Waals surface area contributed by atoms with Gasteiger partial charge in [-0.15, -0.1) is 0 Å². The Morgan fingerprint density at radius 2 is 1.87 bits per heavy atom. The van der Waals surface area contributed by atoms with Gasteiger partial charge >= 0.3 is 0 Å². The second-order valence-electron chi connectivity index (χ2n) is 3.40. The van der Waals surface area contributed by atoms with Crippen LogP contribution in [0, 0.1) is 0 Å². The standard InChI is InChI=1S/C12H20N2O/c1-3-10-15-12-6-4-11(5-7-12)14-9-8-13-2/h4-7,13-14H,3,8-10H2,1-2H3. The molecule has 15 heavy (non-hydrogen) atoms. The van der Waals surface area contributed by atoms with Crippen molar-refractivity contribution in [1.29, 1.82) is 0 Å². The Hall–Kier alpha value is -1.22. The SMILES string of the molecule is CCCOc1ccc(NCCNC)cc1. The third kappa shape index (κ3) is 4.70. The summed E-state index contributed by atoms with van der Waals surface area (Å²) in [5.74, 6) is 0.941. The Balaban J connectivity index is 2.35. The van der Waals surface area contributed by atoms with Gasteiger partial charge in [0.05, 0.1) is 6.61 Å². The van der Waals surface area contributed by atoms with Gasteiger partial charge in [-0.3, -0.25) is 0 Å². The maximum atomic E-state index is 5.50. The molecule has 0 aliphatic carbocycles. The molecule has 0 fully saturated rings. The van der Waals surface area contributed by atoms with E-state index < -0.39 is 0 Å². The fourth-order valence-corrected chi connectivity index (χ4v) is 1.22. The van der Waals surface area contributed by atoms with Crippen LogP contribution in [0.1, 0.15) is 13.3 Å². The van der Waals surface area contributed by atoms with Crippen molar-refractivity contribution in [2.24, 2.45) is 0 Å². The molecule has 0 aliphatic heterocycles. The summed E-state index contributed by atoms with van der Waals surface area (Å²) in [7, 11) is 1.95. The highest BCUT2D eigenvalue weighted by atomic mass is 16.5. The van der Waals surface area contributed by atoms with Crippen molar-refractivity contribution < 1.29 is 4.74 Å². The van der Waals surface area contributed by atoms with E-state index in [1.54, 1.807) is 0 Å². The summed E-state index contributed by atoms with van der Waals surface area (Å²) in [6, 6.07) is 8.08. The number of nitrogens with one attached hydrogen (secondary N) is 2. The van der Waals surface area contributed by atoms with E-state index in [1.807, 2.05) is 31.3 Å². The van der Waals surface area contributed by atoms with E-state index in [-0.39, 0.29) is 0 Å². The van der Waals surface area contributed by atoms with Gasteiger partial charge in [-0.05, 0) is 37.7 Å². The molecule has 1 aromatic rings. The van der Waals surface area contributed by atoms with Gasteiger partial charge in [-0.1, -0.05) is 6.92 Å². The molecule has 0 bridgehead atoms. The molecule has 1 aromatic carbocycles. The first-order valence-corrected chi connectivity index (χ1v) is 5.48.